The zero-order valence-electron chi connectivity index (χ0n) is 13.6. The van der Waals surface area contributed by atoms with Gasteiger partial charge in [0.25, 0.3) is 0 Å². The summed E-state index contributed by atoms with van der Waals surface area (Å²) in [5, 5.41) is 6.04. The maximum Gasteiger partial charge on any atom is 0.243 e. The van der Waals surface area contributed by atoms with Crippen LogP contribution in [0.2, 0.25) is 0 Å². The first kappa shape index (κ1) is 16.4. The van der Waals surface area contributed by atoms with Crippen molar-refractivity contribution in [3.63, 3.8) is 0 Å². The standard InChI is InChI=1S/C16H23N3O3S/c1-16(2)11-15(20)18-14-5-4-12(10-13(14)16)23(21,22)19-8-3-6-17-7-9-19/h4-5,10,17H,3,6-9,11H2,1-2H3,(H,18,20). The summed E-state index contributed by atoms with van der Waals surface area (Å²) in [5.41, 5.74) is 1.22. The van der Waals surface area contributed by atoms with E-state index in [1.807, 2.05) is 13.8 Å². The zero-order chi connectivity index (χ0) is 16.7. The molecule has 1 fully saturated rings. The molecule has 0 unspecified atom stereocenters. The van der Waals surface area contributed by atoms with Gasteiger partial charge in [-0.3, -0.25) is 4.79 Å². The number of hydrogen-bond donors (Lipinski definition) is 2. The molecule has 0 atom stereocenters. The van der Waals surface area contributed by atoms with Gasteiger partial charge in [0, 0.05) is 37.2 Å². The normalized spacial score (nSPS) is 22.1. The predicted molar refractivity (Wildman–Crippen MR) is 89.0 cm³/mol. The first-order chi connectivity index (χ1) is 10.8. The Labute approximate surface area is 137 Å². The predicted octanol–water partition coefficient (Wildman–Crippen LogP) is 1.29. The van der Waals surface area contributed by atoms with Gasteiger partial charge in [0.05, 0.1) is 4.90 Å². The average Bonchev–Trinajstić information content (AvgIpc) is 2.75. The van der Waals surface area contributed by atoms with Crippen LogP contribution in [-0.2, 0) is 20.2 Å². The SMILES string of the molecule is CC1(C)CC(=O)Nc2ccc(S(=O)(=O)N3CCCNCC3)cc21. The van der Waals surface area contributed by atoms with Gasteiger partial charge in [-0.1, -0.05) is 13.8 Å². The highest BCUT2D eigenvalue weighted by molar-refractivity contribution is 7.89. The van der Waals surface area contributed by atoms with Crippen molar-refractivity contribution in [2.45, 2.75) is 37.0 Å². The number of anilines is 1. The van der Waals surface area contributed by atoms with Gasteiger partial charge < -0.3 is 10.6 Å². The lowest BCUT2D eigenvalue weighted by molar-refractivity contribution is -0.117. The van der Waals surface area contributed by atoms with E-state index in [9.17, 15) is 13.2 Å². The minimum Gasteiger partial charge on any atom is -0.326 e. The quantitative estimate of drug-likeness (QED) is 0.852. The molecule has 1 aromatic carbocycles. The minimum absolute atomic E-state index is 0.0308. The molecular formula is C16H23N3O3S. The summed E-state index contributed by atoms with van der Waals surface area (Å²) in [5.74, 6) is -0.0308. The number of sulfonamides is 1. The largest absolute Gasteiger partial charge is 0.326 e. The maximum atomic E-state index is 12.9. The Hall–Kier alpha value is -1.44. The second-order valence-electron chi connectivity index (χ2n) is 6.82. The molecule has 6 nitrogen and oxygen atoms in total. The third-order valence-corrected chi connectivity index (χ3v) is 6.43. The van der Waals surface area contributed by atoms with Crippen LogP contribution in [0.5, 0.6) is 0 Å². The molecule has 0 radical (unpaired) electrons. The number of fused-ring (bicyclic) bond motifs is 1. The Morgan fingerprint density at radius 3 is 2.74 bits per heavy atom. The van der Waals surface area contributed by atoms with E-state index in [0.717, 1.165) is 18.5 Å². The molecular weight excluding hydrogens is 314 g/mol. The summed E-state index contributed by atoms with van der Waals surface area (Å²) in [6.45, 7) is 6.47. The number of carbonyl (C=O) groups excluding carboxylic acids is 1. The van der Waals surface area contributed by atoms with Crippen molar-refractivity contribution in [1.29, 1.82) is 0 Å². The molecule has 126 valence electrons. The van der Waals surface area contributed by atoms with E-state index in [0.29, 0.717) is 36.6 Å². The highest BCUT2D eigenvalue weighted by Gasteiger charge is 2.34. The Balaban J connectivity index is 1.99. The summed E-state index contributed by atoms with van der Waals surface area (Å²) in [6.07, 6.45) is 1.17. The molecule has 1 aromatic rings. The lowest BCUT2D eigenvalue weighted by Crippen LogP contribution is -2.35. The molecule has 2 aliphatic rings. The Morgan fingerprint density at radius 1 is 1.17 bits per heavy atom. The number of amides is 1. The maximum absolute atomic E-state index is 12.9. The third-order valence-electron chi connectivity index (χ3n) is 4.53. The minimum atomic E-state index is -3.50. The second kappa shape index (κ2) is 5.89. The molecule has 3 rings (SSSR count). The van der Waals surface area contributed by atoms with Crippen LogP contribution in [-0.4, -0.2) is 44.8 Å². The van der Waals surface area contributed by atoms with Gasteiger partial charge in [-0.05, 0) is 36.7 Å². The summed E-state index contributed by atoms with van der Waals surface area (Å²) in [4.78, 5) is 12.1. The van der Waals surface area contributed by atoms with Gasteiger partial charge in [-0.15, -0.1) is 0 Å². The van der Waals surface area contributed by atoms with Gasteiger partial charge >= 0.3 is 0 Å². The third kappa shape index (κ3) is 3.13. The van der Waals surface area contributed by atoms with Crippen LogP contribution in [0.1, 0.15) is 32.3 Å². The van der Waals surface area contributed by atoms with Crippen LogP contribution in [0, 0.1) is 0 Å². The summed E-state index contributed by atoms with van der Waals surface area (Å²) >= 11 is 0. The van der Waals surface area contributed by atoms with Crippen LogP contribution in [0.4, 0.5) is 5.69 Å². The number of carbonyl (C=O) groups is 1. The smallest absolute Gasteiger partial charge is 0.243 e. The Morgan fingerprint density at radius 2 is 1.96 bits per heavy atom. The molecule has 1 saturated heterocycles. The summed E-state index contributed by atoms with van der Waals surface area (Å²) in [6, 6.07) is 5.02. The van der Waals surface area contributed by atoms with Crippen LogP contribution >= 0.6 is 0 Å². The van der Waals surface area contributed by atoms with Crippen LogP contribution in [0.15, 0.2) is 23.1 Å². The van der Waals surface area contributed by atoms with Crippen molar-refractivity contribution in [2.24, 2.45) is 0 Å². The van der Waals surface area contributed by atoms with Crippen LogP contribution in [0.3, 0.4) is 0 Å². The van der Waals surface area contributed by atoms with E-state index in [4.69, 9.17) is 0 Å². The highest BCUT2D eigenvalue weighted by atomic mass is 32.2. The molecule has 1 amide bonds. The topological polar surface area (TPSA) is 78.5 Å². The number of nitrogens with one attached hydrogen (secondary N) is 2. The number of nitrogens with zero attached hydrogens (tertiary/aromatic N) is 1. The second-order valence-corrected chi connectivity index (χ2v) is 8.76. The van der Waals surface area contributed by atoms with Gasteiger partial charge in [0.1, 0.15) is 0 Å². The number of rotatable bonds is 2. The average molecular weight is 337 g/mol. The van der Waals surface area contributed by atoms with Crippen molar-refractivity contribution in [2.75, 3.05) is 31.5 Å². The molecule has 23 heavy (non-hydrogen) atoms. The van der Waals surface area contributed by atoms with E-state index < -0.39 is 10.0 Å². The van der Waals surface area contributed by atoms with E-state index in [2.05, 4.69) is 10.6 Å². The number of hydrogen-bond acceptors (Lipinski definition) is 4. The van der Waals surface area contributed by atoms with Gasteiger partial charge in [-0.25, -0.2) is 8.42 Å². The van der Waals surface area contributed by atoms with Crippen LogP contribution < -0.4 is 10.6 Å². The molecule has 2 heterocycles. The first-order valence-corrected chi connectivity index (χ1v) is 9.40. The molecule has 2 aliphatic heterocycles. The molecule has 0 bridgehead atoms. The van der Waals surface area contributed by atoms with Crippen molar-refractivity contribution < 1.29 is 13.2 Å². The van der Waals surface area contributed by atoms with E-state index in [1.54, 1.807) is 22.5 Å². The van der Waals surface area contributed by atoms with Crippen LogP contribution in [0.25, 0.3) is 0 Å². The molecule has 7 heteroatoms. The van der Waals surface area contributed by atoms with E-state index >= 15 is 0 Å². The van der Waals surface area contributed by atoms with E-state index in [-0.39, 0.29) is 11.3 Å². The highest BCUT2D eigenvalue weighted by Crippen LogP contribution is 2.38. The van der Waals surface area contributed by atoms with Gasteiger partial charge in [0.15, 0.2) is 0 Å². The van der Waals surface area contributed by atoms with E-state index in [1.165, 1.54) is 0 Å². The lowest BCUT2D eigenvalue weighted by Gasteiger charge is -2.32. The fourth-order valence-electron chi connectivity index (χ4n) is 3.25. The zero-order valence-corrected chi connectivity index (χ0v) is 14.4. The molecule has 2 N–H and O–H groups in total. The van der Waals surface area contributed by atoms with Crippen molar-refractivity contribution in [1.82, 2.24) is 9.62 Å². The monoisotopic (exact) mass is 337 g/mol. The Bertz CT molecular complexity index is 720. The fraction of sp³-hybridized carbons (Fsp3) is 0.562. The van der Waals surface area contributed by atoms with Crippen molar-refractivity contribution >= 4 is 21.6 Å². The van der Waals surface area contributed by atoms with Crippen molar-refractivity contribution in [3.8, 4) is 0 Å². The fourth-order valence-corrected chi connectivity index (χ4v) is 4.76. The van der Waals surface area contributed by atoms with Crippen molar-refractivity contribution in [3.05, 3.63) is 23.8 Å². The molecule has 0 aromatic heterocycles. The lowest BCUT2D eigenvalue weighted by atomic mass is 9.78. The summed E-state index contributed by atoms with van der Waals surface area (Å²) < 4.78 is 27.4. The van der Waals surface area contributed by atoms with Gasteiger partial charge in [0.2, 0.25) is 15.9 Å². The first-order valence-electron chi connectivity index (χ1n) is 7.96. The number of benzene rings is 1. The molecule has 0 spiro atoms. The Kier molecular flexibility index (Phi) is 4.20. The van der Waals surface area contributed by atoms with Gasteiger partial charge in [-0.2, -0.15) is 4.31 Å². The molecule has 0 saturated carbocycles. The summed E-state index contributed by atoms with van der Waals surface area (Å²) in [7, 11) is -3.50. The molecule has 0 aliphatic carbocycles.